The smallest absolute Gasteiger partial charge is 0.330 e. The Morgan fingerprint density at radius 1 is 1.33 bits per heavy atom. The van der Waals surface area contributed by atoms with Gasteiger partial charge >= 0.3 is 5.97 Å². The van der Waals surface area contributed by atoms with E-state index in [1.54, 1.807) is 0 Å². The molecule has 0 saturated carbocycles. The highest BCUT2D eigenvalue weighted by Gasteiger charge is 1.93. The van der Waals surface area contributed by atoms with Crippen molar-refractivity contribution >= 4 is 5.97 Å². The van der Waals surface area contributed by atoms with Crippen LogP contribution in [0.3, 0.4) is 0 Å². The minimum atomic E-state index is -0.298. The number of methoxy groups -OCH3 is 1. The number of carbonyl (C=O) groups excluding carboxylic acids is 1. The topological polar surface area (TPSA) is 26.3 Å². The fourth-order valence-electron chi connectivity index (χ4n) is 0.777. The van der Waals surface area contributed by atoms with Gasteiger partial charge in [-0.05, 0) is 25.8 Å². The number of hydrogen-bond acceptors (Lipinski definition) is 2. The highest BCUT2D eigenvalue weighted by atomic mass is 16.5. The van der Waals surface area contributed by atoms with E-state index in [0.717, 1.165) is 12.0 Å². The summed E-state index contributed by atoms with van der Waals surface area (Å²) in [5.74, 6) is -0.298. The van der Waals surface area contributed by atoms with Gasteiger partial charge in [-0.15, -0.1) is 0 Å². The lowest BCUT2D eigenvalue weighted by Crippen LogP contribution is -1.95. The summed E-state index contributed by atoms with van der Waals surface area (Å²) in [7, 11) is 1.38. The third kappa shape index (κ3) is 4.72. The average molecular weight is 168 g/mol. The van der Waals surface area contributed by atoms with Gasteiger partial charge in [-0.3, -0.25) is 0 Å². The Kier molecular flexibility index (Phi) is 5.09. The number of hydrogen-bond donors (Lipinski definition) is 0. The van der Waals surface area contributed by atoms with Gasteiger partial charge in [0.1, 0.15) is 0 Å². The molecule has 0 aromatic carbocycles. The molecule has 0 aliphatic carbocycles. The zero-order chi connectivity index (χ0) is 9.56. The maximum absolute atomic E-state index is 10.8. The Hall–Kier alpha value is -1.05. The SMILES string of the molecule is CC/C(C)=C\C(C)=C\C(=O)OC. The zero-order valence-corrected chi connectivity index (χ0v) is 8.18. The van der Waals surface area contributed by atoms with Crippen LogP contribution in [0.15, 0.2) is 23.3 Å². The Labute approximate surface area is 73.9 Å². The van der Waals surface area contributed by atoms with E-state index in [1.807, 2.05) is 19.9 Å². The van der Waals surface area contributed by atoms with Gasteiger partial charge in [0.2, 0.25) is 0 Å². The fraction of sp³-hybridized carbons (Fsp3) is 0.500. The van der Waals surface area contributed by atoms with E-state index in [-0.39, 0.29) is 5.97 Å². The molecule has 12 heavy (non-hydrogen) atoms. The number of allylic oxidation sites excluding steroid dienone is 3. The number of carbonyl (C=O) groups is 1. The molecule has 0 aromatic heterocycles. The maximum Gasteiger partial charge on any atom is 0.330 e. The zero-order valence-electron chi connectivity index (χ0n) is 8.18. The summed E-state index contributed by atoms with van der Waals surface area (Å²) in [4.78, 5) is 10.8. The second-order valence-electron chi connectivity index (χ2n) is 2.76. The van der Waals surface area contributed by atoms with Crippen molar-refractivity contribution in [3.8, 4) is 0 Å². The third-order valence-electron chi connectivity index (χ3n) is 1.58. The molecule has 0 unspecified atom stereocenters. The number of esters is 1. The summed E-state index contributed by atoms with van der Waals surface area (Å²) < 4.78 is 4.49. The van der Waals surface area contributed by atoms with Crippen LogP contribution in [0.5, 0.6) is 0 Å². The summed E-state index contributed by atoms with van der Waals surface area (Å²) in [6, 6.07) is 0. The molecule has 0 radical (unpaired) electrons. The van der Waals surface area contributed by atoms with Gasteiger partial charge < -0.3 is 4.74 Å². The largest absolute Gasteiger partial charge is 0.466 e. The van der Waals surface area contributed by atoms with Crippen LogP contribution in [-0.4, -0.2) is 13.1 Å². The molecular formula is C10H16O2. The molecule has 0 rings (SSSR count). The van der Waals surface area contributed by atoms with E-state index in [2.05, 4.69) is 11.7 Å². The van der Waals surface area contributed by atoms with Crippen LogP contribution >= 0.6 is 0 Å². The molecule has 0 aliphatic rings. The first-order valence-electron chi connectivity index (χ1n) is 4.03. The van der Waals surface area contributed by atoms with Crippen molar-refractivity contribution in [1.29, 1.82) is 0 Å². The van der Waals surface area contributed by atoms with Crippen LogP contribution in [0.4, 0.5) is 0 Å². The fourth-order valence-corrected chi connectivity index (χ4v) is 0.777. The average Bonchev–Trinajstić information content (AvgIpc) is 2.03. The lowest BCUT2D eigenvalue weighted by Gasteiger charge is -1.96. The molecule has 0 aliphatic heterocycles. The predicted molar refractivity (Wildman–Crippen MR) is 49.8 cm³/mol. The minimum Gasteiger partial charge on any atom is -0.466 e. The van der Waals surface area contributed by atoms with Crippen LogP contribution in [0.25, 0.3) is 0 Å². The molecule has 0 bridgehead atoms. The number of ether oxygens (including phenoxy) is 1. The van der Waals surface area contributed by atoms with Crippen LogP contribution in [0.2, 0.25) is 0 Å². The van der Waals surface area contributed by atoms with Crippen LogP contribution < -0.4 is 0 Å². The van der Waals surface area contributed by atoms with Crippen molar-refractivity contribution in [3.63, 3.8) is 0 Å². The van der Waals surface area contributed by atoms with E-state index >= 15 is 0 Å². The molecule has 0 amide bonds. The summed E-state index contributed by atoms with van der Waals surface area (Å²) in [6.07, 6.45) is 4.47. The molecule has 0 N–H and O–H groups in total. The van der Waals surface area contributed by atoms with E-state index < -0.39 is 0 Å². The molecular weight excluding hydrogens is 152 g/mol. The summed E-state index contributed by atoms with van der Waals surface area (Å²) in [5, 5.41) is 0. The normalized spacial score (nSPS) is 13.0. The first-order chi connectivity index (χ1) is 5.60. The molecule has 0 heterocycles. The molecule has 0 atom stereocenters. The van der Waals surface area contributed by atoms with Gasteiger partial charge in [-0.2, -0.15) is 0 Å². The van der Waals surface area contributed by atoms with Gasteiger partial charge in [0, 0.05) is 6.08 Å². The lowest BCUT2D eigenvalue weighted by molar-refractivity contribution is -0.134. The second kappa shape index (κ2) is 5.58. The van der Waals surface area contributed by atoms with E-state index in [9.17, 15) is 4.79 Å². The molecule has 0 saturated heterocycles. The molecule has 2 nitrogen and oxygen atoms in total. The van der Waals surface area contributed by atoms with Crippen molar-refractivity contribution < 1.29 is 9.53 Å². The van der Waals surface area contributed by atoms with Gasteiger partial charge in [-0.1, -0.05) is 18.6 Å². The third-order valence-corrected chi connectivity index (χ3v) is 1.58. The summed E-state index contributed by atoms with van der Waals surface area (Å²) in [5.41, 5.74) is 2.19. The van der Waals surface area contributed by atoms with Crippen molar-refractivity contribution in [2.45, 2.75) is 27.2 Å². The minimum absolute atomic E-state index is 0.298. The Morgan fingerprint density at radius 3 is 2.33 bits per heavy atom. The van der Waals surface area contributed by atoms with Crippen molar-refractivity contribution in [2.24, 2.45) is 0 Å². The molecule has 0 spiro atoms. The summed E-state index contributed by atoms with van der Waals surface area (Å²) in [6.45, 7) is 6.00. The molecule has 0 fully saturated rings. The molecule has 68 valence electrons. The Bertz CT molecular complexity index is 212. The van der Waals surface area contributed by atoms with Crippen molar-refractivity contribution in [3.05, 3.63) is 23.3 Å². The van der Waals surface area contributed by atoms with Crippen LogP contribution in [-0.2, 0) is 9.53 Å². The Morgan fingerprint density at radius 2 is 1.92 bits per heavy atom. The van der Waals surface area contributed by atoms with E-state index in [0.29, 0.717) is 0 Å². The molecule has 0 aromatic rings. The number of rotatable bonds is 3. The van der Waals surface area contributed by atoms with Gasteiger partial charge in [0.25, 0.3) is 0 Å². The van der Waals surface area contributed by atoms with E-state index in [1.165, 1.54) is 18.8 Å². The van der Waals surface area contributed by atoms with Crippen LogP contribution in [0, 0.1) is 0 Å². The Balaban J connectivity index is 4.29. The standard InChI is InChI=1S/C10H16O2/c1-5-8(2)6-9(3)7-10(11)12-4/h6-7H,5H2,1-4H3/b8-6-,9-7+. The lowest BCUT2D eigenvalue weighted by atomic mass is 10.1. The van der Waals surface area contributed by atoms with Crippen molar-refractivity contribution in [2.75, 3.05) is 7.11 Å². The van der Waals surface area contributed by atoms with E-state index in [4.69, 9.17) is 0 Å². The first-order valence-corrected chi connectivity index (χ1v) is 4.03. The van der Waals surface area contributed by atoms with Gasteiger partial charge in [0.05, 0.1) is 7.11 Å². The summed E-state index contributed by atoms with van der Waals surface area (Å²) >= 11 is 0. The molecule has 2 heteroatoms. The second-order valence-corrected chi connectivity index (χ2v) is 2.76. The van der Waals surface area contributed by atoms with Crippen LogP contribution in [0.1, 0.15) is 27.2 Å². The first kappa shape index (κ1) is 11.0. The van der Waals surface area contributed by atoms with Gasteiger partial charge in [0.15, 0.2) is 0 Å². The maximum atomic E-state index is 10.8. The highest BCUT2D eigenvalue weighted by molar-refractivity contribution is 5.83. The van der Waals surface area contributed by atoms with Crippen molar-refractivity contribution in [1.82, 2.24) is 0 Å². The highest BCUT2D eigenvalue weighted by Crippen LogP contribution is 2.04. The monoisotopic (exact) mass is 168 g/mol. The predicted octanol–water partition coefficient (Wildman–Crippen LogP) is 2.46. The van der Waals surface area contributed by atoms with Gasteiger partial charge in [-0.25, -0.2) is 4.79 Å². The quantitative estimate of drug-likeness (QED) is 0.367.